The van der Waals surface area contributed by atoms with E-state index in [1.54, 1.807) is 12.3 Å². The number of phenols is 1. The fraction of sp³-hybridized carbons (Fsp3) is 0.333. The molecule has 0 atom stereocenters. The van der Waals surface area contributed by atoms with Crippen LogP contribution in [0.2, 0.25) is 0 Å². The van der Waals surface area contributed by atoms with Crippen molar-refractivity contribution >= 4 is 22.7 Å². The van der Waals surface area contributed by atoms with Gasteiger partial charge in [0.2, 0.25) is 5.13 Å². The number of anilines is 1. The average Bonchev–Trinajstić information content (AvgIpc) is 2.87. The second kappa shape index (κ2) is 7.24. The lowest BCUT2D eigenvalue weighted by Gasteiger charge is -2.14. The molecule has 1 aromatic heterocycles. The van der Waals surface area contributed by atoms with Gasteiger partial charge in [-0.25, -0.2) is 4.98 Å². The van der Waals surface area contributed by atoms with E-state index in [1.807, 2.05) is 37.4 Å². The lowest BCUT2D eigenvalue weighted by molar-refractivity contribution is 0.354. The van der Waals surface area contributed by atoms with Crippen LogP contribution in [-0.4, -0.2) is 42.4 Å². The van der Waals surface area contributed by atoms with Crippen molar-refractivity contribution in [2.24, 2.45) is 5.10 Å². The van der Waals surface area contributed by atoms with Gasteiger partial charge in [-0.05, 0) is 38.7 Å². The van der Waals surface area contributed by atoms with Crippen molar-refractivity contribution in [1.82, 2.24) is 9.88 Å². The molecule has 1 heterocycles. The standard InChI is InChI=1S/C15H20N4O2S/c1-10-9-22-15(17-10)18-16-7-11-5-12(8-19(2)3)14(20)13(6-11)21-4/h5-7,9,20H,8H2,1-4H3,(H,17,18). The van der Waals surface area contributed by atoms with Gasteiger partial charge in [-0.1, -0.05) is 0 Å². The van der Waals surface area contributed by atoms with Crippen LogP contribution >= 0.6 is 11.3 Å². The Balaban J connectivity index is 2.18. The maximum Gasteiger partial charge on any atom is 0.203 e. The number of aromatic hydroxyl groups is 1. The topological polar surface area (TPSA) is 70.0 Å². The average molecular weight is 320 g/mol. The maximum absolute atomic E-state index is 10.1. The van der Waals surface area contributed by atoms with Crippen molar-refractivity contribution in [3.05, 3.63) is 34.3 Å². The summed E-state index contributed by atoms with van der Waals surface area (Å²) in [5.41, 5.74) is 5.48. The highest BCUT2D eigenvalue weighted by Crippen LogP contribution is 2.31. The largest absolute Gasteiger partial charge is 0.504 e. The Morgan fingerprint density at radius 1 is 1.45 bits per heavy atom. The Kier molecular flexibility index (Phi) is 5.35. The second-order valence-corrected chi connectivity index (χ2v) is 5.99. The minimum atomic E-state index is 0.164. The van der Waals surface area contributed by atoms with Crippen molar-refractivity contribution in [3.63, 3.8) is 0 Å². The predicted molar refractivity (Wildman–Crippen MR) is 90.1 cm³/mol. The zero-order valence-corrected chi connectivity index (χ0v) is 13.9. The Morgan fingerprint density at radius 3 is 2.82 bits per heavy atom. The number of hydrogen-bond donors (Lipinski definition) is 2. The van der Waals surface area contributed by atoms with E-state index in [2.05, 4.69) is 15.5 Å². The van der Waals surface area contributed by atoms with Crippen LogP contribution in [0.3, 0.4) is 0 Å². The van der Waals surface area contributed by atoms with E-state index in [0.717, 1.165) is 22.0 Å². The van der Waals surface area contributed by atoms with Crippen molar-refractivity contribution in [1.29, 1.82) is 0 Å². The summed E-state index contributed by atoms with van der Waals surface area (Å²) in [6.45, 7) is 2.55. The first kappa shape index (κ1) is 16.3. The third-order valence-electron chi connectivity index (χ3n) is 2.88. The fourth-order valence-corrected chi connectivity index (χ4v) is 2.58. The lowest BCUT2D eigenvalue weighted by atomic mass is 10.1. The van der Waals surface area contributed by atoms with Crippen LogP contribution in [0, 0.1) is 6.92 Å². The fourth-order valence-electron chi connectivity index (χ4n) is 1.95. The molecule has 2 N–H and O–H groups in total. The molecule has 2 aromatic rings. The molecule has 0 saturated carbocycles. The summed E-state index contributed by atoms with van der Waals surface area (Å²) in [7, 11) is 5.42. The Hall–Kier alpha value is -2.12. The molecule has 0 aliphatic rings. The monoisotopic (exact) mass is 320 g/mol. The Morgan fingerprint density at radius 2 is 2.23 bits per heavy atom. The summed E-state index contributed by atoms with van der Waals surface area (Å²) < 4.78 is 5.21. The summed E-state index contributed by atoms with van der Waals surface area (Å²) >= 11 is 1.50. The number of rotatable bonds is 6. The van der Waals surface area contributed by atoms with Gasteiger partial charge in [0.25, 0.3) is 0 Å². The van der Waals surface area contributed by atoms with E-state index in [9.17, 15) is 5.11 Å². The molecule has 0 aliphatic heterocycles. The van der Waals surface area contributed by atoms with E-state index < -0.39 is 0 Å². The molecule has 0 amide bonds. The third-order valence-corrected chi connectivity index (χ3v) is 3.74. The number of nitrogens with one attached hydrogen (secondary N) is 1. The summed E-state index contributed by atoms with van der Waals surface area (Å²) in [5.74, 6) is 0.600. The van der Waals surface area contributed by atoms with Gasteiger partial charge in [0.1, 0.15) is 0 Å². The molecule has 0 fully saturated rings. The quantitative estimate of drug-likeness (QED) is 0.632. The van der Waals surface area contributed by atoms with Crippen LogP contribution in [-0.2, 0) is 6.54 Å². The van der Waals surface area contributed by atoms with E-state index in [0.29, 0.717) is 12.3 Å². The first-order valence-electron chi connectivity index (χ1n) is 6.75. The molecule has 0 saturated heterocycles. The normalized spacial score (nSPS) is 11.3. The first-order chi connectivity index (χ1) is 10.5. The van der Waals surface area contributed by atoms with Gasteiger partial charge in [0.05, 0.1) is 19.0 Å². The van der Waals surface area contributed by atoms with Crippen LogP contribution < -0.4 is 10.2 Å². The highest BCUT2D eigenvalue weighted by atomic mass is 32.1. The second-order valence-electron chi connectivity index (χ2n) is 5.13. The number of benzene rings is 1. The van der Waals surface area contributed by atoms with Crippen LogP contribution in [0.25, 0.3) is 0 Å². The molecule has 22 heavy (non-hydrogen) atoms. The molecule has 7 heteroatoms. The molecular formula is C15H20N4O2S. The van der Waals surface area contributed by atoms with Crippen molar-refractivity contribution in [3.8, 4) is 11.5 Å². The third kappa shape index (κ3) is 4.19. The lowest BCUT2D eigenvalue weighted by Crippen LogP contribution is -2.11. The van der Waals surface area contributed by atoms with Crippen LogP contribution in [0.15, 0.2) is 22.6 Å². The maximum atomic E-state index is 10.1. The number of aryl methyl sites for hydroxylation is 1. The molecule has 0 bridgehead atoms. The number of hydrogen-bond acceptors (Lipinski definition) is 7. The zero-order valence-electron chi connectivity index (χ0n) is 13.1. The van der Waals surface area contributed by atoms with E-state index >= 15 is 0 Å². The van der Waals surface area contributed by atoms with Gasteiger partial charge < -0.3 is 14.7 Å². The number of aromatic nitrogens is 1. The Bertz CT molecular complexity index is 668. The number of phenolic OH excluding ortho intramolecular Hbond substituents is 1. The van der Waals surface area contributed by atoms with Gasteiger partial charge in [0.15, 0.2) is 11.5 Å². The van der Waals surface area contributed by atoms with E-state index in [1.165, 1.54) is 18.4 Å². The van der Waals surface area contributed by atoms with Crippen molar-refractivity contribution < 1.29 is 9.84 Å². The minimum absolute atomic E-state index is 0.164. The molecule has 6 nitrogen and oxygen atoms in total. The molecular weight excluding hydrogens is 300 g/mol. The molecule has 0 spiro atoms. The van der Waals surface area contributed by atoms with Gasteiger partial charge in [0, 0.05) is 17.5 Å². The highest BCUT2D eigenvalue weighted by Gasteiger charge is 2.10. The van der Waals surface area contributed by atoms with E-state index in [-0.39, 0.29) is 5.75 Å². The van der Waals surface area contributed by atoms with Crippen LogP contribution in [0.5, 0.6) is 11.5 Å². The smallest absolute Gasteiger partial charge is 0.203 e. The zero-order chi connectivity index (χ0) is 16.1. The summed E-state index contributed by atoms with van der Waals surface area (Å²) in [4.78, 5) is 6.25. The molecule has 118 valence electrons. The SMILES string of the molecule is COc1cc(C=NNc2nc(C)cs2)cc(CN(C)C)c1O. The summed E-state index contributed by atoms with van der Waals surface area (Å²) in [6, 6.07) is 3.63. The molecule has 2 rings (SSSR count). The van der Waals surface area contributed by atoms with Crippen molar-refractivity contribution in [2.75, 3.05) is 26.6 Å². The number of nitrogens with zero attached hydrogens (tertiary/aromatic N) is 3. The summed E-state index contributed by atoms with van der Waals surface area (Å²) in [5, 5.41) is 17.0. The number of methoxy groups -OCH3 is 1. The number of thiazole rings is 1. The predicted octanol–water partition coefficient (Wildman–Crippen LogP) is 2.67. The van der Waals surface area contributed by atoms with Crippen LogP contribution in [0.4, 0.5) is 5.13 Å². The van der Waals surface area contributed by atoms with Gasteiger partial charge in [-0.3, -0.25) is 5.43 Å². The van der Waals surface area contributed by atoms with Gasteiger partial charge in [-0.2, -0.15) is 5.10 Å². The molecule has 0 unspecified atom stereocenters. The molecule has 0 aliphatic carbocycles. The van der Waals surface area contributed by atoms with Crippen molar-refractivity contribution in [2.45, 2.75) is 13.5 Å². The number of ether oxygens (including phenoxy) is 1. The first-order valence-corrected chi connectivity index (χ1v) is 7.63. The Labute approximate surface area is 134 Å². The van der Waals surface area contributed by atoms with Gasteiger partial charge in [-0.15, -0.1) is 11.3 Å². The van der Waals surface area contributed by atoms with Crippen LogP contribution in [0.1, 0.15) is 16.8 Å². The summed E-state index contributed by atoms with van der Waals surface area (Å²) in [6.07, 6.45) is 1.68. The highest BCUT2D eigenvalue weighted by molar-refractivity contribution is 7.13. The molecule has 0 radical (unpaired) electrons. The van der Waals surface area contributed by atoms with Gasteiger partial charge >= 0.3 is 0 Å². The molecule has 1 aromatic carbocycles. The van der Waals surface area contributed by atoms with E-state index in [4.69, 9.17) is 4.74 Å². The minimum Gasteiger partial charge on any atom is -0.504 e. The number of hydrazone groups is 1.